The predicted molar refractivity (Wildman–Crippen MR) is 164 cm³/mol. The number of rotatable bonds is 13. The molecule has 44 heavy (non-hydrogen) atoms. The number of methoxy groups -OCH3 is 1. The first kappa shape index (κ1) is 31.4. The highest BCUT2D eigenvalue weighted by Crippen LogP contribution is 2.41. The van der Waals surface area contributed by atoms with Gasteiger partial charge in [-0.1, -0.05) is 18.2 Å². The standard InChI is InChI=1S/C27H30N6O8S3/c1-19-9-10-22(28-18-19)44(36,37)31-25-24(41-21-7-4-3-6-20(21)38-2)26(30-27(29-25)32-11-14-39-15-12-32)40-16-13-33(43(34)35)23-8-5-17-42-23/h3-10,17-18H,11-16H2,1-2H3,(H,34,35)(H,29,30,31)/p-1. The summed E-state index contributed by atoms with van der Waals surface area (Å²) in [6, 6.07) is 13.2. The molecule has 3 aromatic heterocycles. The second-order valence-corrected chi connectivity index (χ2v) is 12.7. The molecular weight excluding hydrogens is 633 g/mol. The molecule has 1 aliphatic rings. The van der Waals surface area contributed by atoms with E-state index in [1.807, 2.05) is 4.90 Å². The van der Waals surface area contributed by atoms with E-state index < -0.39 is 21.3 Å². The number of thiophene rings is 1. The maximum Gasteiger partial charge on any atom is 0.280 e. The van der Waals surface area contributed by atoms with Crippen molar-refractivity contribution in [3.05, 3.63) is 65.7 Å². The quantitative estimate of drug-likeness (QED) is 0.208. The highest BCUT2D eigenvalue weighted by Gasteiger charge is 2.28. The van der Waals surface area contributed by atoms with E-state index in [0.29, 0.717) is 37.1 Å². The van der Waals surface area contributed by atoms with Gasteiger partial charge in [-0.25, -0.2) is 4.98 Å². The number of sulfonamides is 1. The lowest BCUT2D eigenvalue weighted by molar-refractivity contribution is 0.122. The molecule has 17 heteroatoms. The van der Waals surface area contributed by atoms with Gasteiger partial charge in [0.1, 0.15) is 11.6 Å². The third-order valence-corrected chi connectivity index (χ3v) is 9.25. The number of para-hydroxylation sites is 2. The molecule has 5 rings (SSSR count). The monoisotopic (exact) mass is 661 g/mol. The van der Waals surface area contributed by atoms with Crippen LogP contribution in [0.2, 0.25) is 0 Å². The summed E-state index contributed by atoms with van der Waals surface area (Å²) in [4.78, 5) is 15.0. The van der Waals surface area contributed by atoms with Crippen molar-refractivity contribution in [2.24, 2.45) is 0 Å². The molecule has 0 radical (unpaired) electrons. The predicted octanol–water partition coefficient (Wildman–Crippen LogP) is 3.36. The van der Waals surface area contributed by atoms with Crippen LogP contribution in [0.4, 0.5) is 16.8 Å². The fraction of sp³-hybridized carbons (Fsp3) is 0.296. The zero-order chi connectivity index (χ0) is 31.1. The Bertz CT molecular complexity index is 1680. The third-order valence-electron chi connectivity index (χ3n) is 6.25. The second kappa shape index (κ2) is 14.2. The summed E-state index contributed by atoms with van der Waals surface area (Å²) in [5.74, 6) is 0.255. The largest absolute Gasteiger partial charge is 0.755 e. The number of hydrogen-bond acceptors (Lipinski definition) is 13. The average molecular weight is 662 g/mol. The minimum Gasteiger partial charge on any atom is -0.755 e. The first-order valence-electron chi connectivity index (χ1n) is 13.3. The highest BCUT2D eigenvalue weighted by atomic mass is 32.2. The lowest BCUT2D eigenvalue weighted by Gasteiger charge is -2.28. The summed E-state index contributed by atoms with van der Waals surface area (Å²) < 4.78 is 77.6. The van der Waals surface area contributed by atoms with Gasteiger partial charge in [-0.15, -0.1) is 11.3 Å². The van der Waals surface area contributed by atoms with Crippen LogP contribution in [0.5, 0.6) is 23.1 Å². The number of nitrogens with zero attached hydrogens (tertiary/aromatic N) is 5. The molecule has 0 saturated carbocycles. The topological polar surface area (TPSA) is 168 Å². The molecule has 1 saturated heterocycles. The molecule has 0 spiro atoms. The van der Waals surface area contributed by atoms with Crippen LogP contribution in [-0.4, -0.2) is 78.7 Å². The molecule has 1 fully saturated rings. The zero-order valence-electron chi connectivity index (χ0n) is 23.7. The summed E-state index contributed by atoms with van der Waals surface area (Å²) in [5.41, 5.74) is 0.784. The number of aromatic nitrogens is 3. The van der Waals surface area contributed by atoms with Crippen molar-refractivity contribution in [3.8, 4) is 23.1 Å². The number of benzene rings is 1. The Morgan fingerprint density at radius 1 is 1.11 bits per heavy atom. The van der Waals surface area contributed by atoms with Crippen molar-refractivity contribution in [2.75, 3.05) is 60.5 Å². The first-order chi connectivity index (χ1) is 21.2. The summed E-state index contributed by atoms with van der Waals surface area (Å²) >= 11 is -1.31. The molecule has 234 valence electrons. The number of aryl methyl sites for hydroxylation is 1. The van der Waals surface area contributed by atoms with Crippen LogP contribution in [0.25, 0.3) is 0 Å². The fourth-order valence-corrected chi connectivity index (χ4v) is 6.43. The van der Waals surface area contributed by atoms with Gasteiger partial charge in [0.15, 0.2) is 22.3 Å². The van der Waals surface area contributed by atoms with Gasteiger partial charge in [0.2, 0.25) is 11.7 Å². The Hall–Kier alpha value is -4.03. The lowest BCUT2D eigenvalue weighted by Crippen LogP contribution is -2.37. The highest BCUT2D eigenvalue weighted by molar-refractivity contribution is 7.92. The molecule has 1 atom stereocenters. The molecule has 4 aromatic rings. The van der Waals surface area contributed by atoms with Crippen LogP contribution in [0.15, 0.2) is 65.1 Å². The van der Waals surface area contributed by atoms with Crippen molar-refractivity contribution in [3.63, 3.8) is 0 Å². The Kier molecular flexibility index (Phi) is 10.1. The van der Waals surface area contributed by atoms with Crippen LogP contribution < -0.4 is 28.1 Å². The average Bonchev–Trinajstić information content (AvgIpc) is 3.55. The smallest absolute Gasteiger partial charge is 0.280 e. The molecule has 4 heterocycles. The number of anilines is 3. The van der Waals surface area contributed by atoms with Crippen LogP contribution in [0, 0.1) is 6.92 Å². The van der Waals surface area contributed by atoms with Crippen molar-refractivity contribution in [1.29, 1.82) is 0 Å². The van der Waals surface area contributed by atoms with E-state index in [0.717, 1.165) is 9.87 Å². The van der Waals surface area contributed by atoms with Crippen molar-refractivity contribution >= 4 is 49.4 Å². The van der Waals surface area contributed by atoms with Crippen molar-refractivity contribution < 1.29 is 36.1 Å². The number of nitrogens with one attached hydrogen (secondary N) is 1. The van der Waals surface area contributed by atoms with Crippen molar-refractivity contribution in [1.82, 2.24) is 15.0 Å². The number of hydrogen-bond donors (Lipinski definition) is 1. The molecule has 1 unspecified atom stereocenters. The van der Waals surface area contributed by atoms with E-state index >= 15 is 0 Å². The molecule has 1 N–H and O–H groups in total. The van der Waals surface area contributed by atoms with Gasteiger partial charge in [0.25, 0.3) is 15.9 Å². The van der Waals surface area contributed by atoms with E-state index in [1.54, 1.807) is 54.8 Å². The Balaban J connectivity index is 1.57. The molecule has 1 aromatic carbocycles. The Labute approximate surface area is 261 Å². The fourth-order valence-electron chi connectivity index (χ4n) is 4.08. The van der Waals surface area contributed by atoms with Gasteiger partial charge in [-0.3, -0.25) is 13.2 Å². The maximum absolute atomic E-state index is 13.5. The van der Waals surface area contributed by atoms with Gasteiger partial charge in [0.05, 0.1) is 26.9 Å². The van der Waals surface area contributed by atoms with Gasteiger partial charge >= 0.3 is 0 Å². The van der Waals surface area contributed by atoms with E-state index in [1.165, 1.54) is 30.7 Å². The molecular formula is C27H29N6O8S3-. The lowest BCUT2D eigenvalue weighted by atomic mass is 10.3. The summed E-state index contributed by atoms with van der Waals surface area (Å²) in [6.07, 6.45) is 1.44. The van der Waals surface area contributed by atoms with Gasteiger partial charge in [-0.2, -0.15) is 18.4 Å². The van der Waals surface area contributed by atoms with Crippen molar-refractivity contribution in [2.45, 2.75) is 11.9 Å². The first-order valence-corrected chi connectivity index (χ1v) is 16.7. The van der Waals surface area contributed by atoms with Crippen LogP contribution in [-0.2, 0) is 26.0 Å². The summed E-state index contributed by atoms with van der Waals surface area (Å²) in [6.45, 7) is 3.30. The summed E-state index contributed by atoms with van der Waals surface area (Å²) in [7, 11) is -2.78. The van der Waals surface area contributed by atoms with Crippen LogP contribution >= 0.6 is 11.3 Å². The zero-order valence-corrected chi connectivity index (χ0v) is 26.2. The minimum atomic E-state index is -4.25. The van der Waals surface area contributed by atoms with Crippen LogP contribution in [0.3, 0.4) is 0 Å². The molecule has 0 aliphatic carbocycles. The number of ether oxygens (including phenoxy) is 4. The minimum absolute atomic E-state index is 0.0596. The van der Waals surface area contributed by atoms with E-state index in [-0.39, 0.29) is 47.3 Å². The van der Waals surface area contributed by atoms with Gasteiger partial charge in [0, 0.05) is 30.6 Å². The number of morpholine rings is 1. The Morgan fingerprint density at radius 2 is 1.89 bits per heavy atom. The molecule has 14 nitrogen and oxygen atoms in total. The molecule has 0 amide bonds. The SMILES string of the molecule is COc1ccccc1Oc1c(NS(=O)(=O)c2ccc(C)cn2)nc(N2CCOCC2)nc1OCCN(c1cccs1)S(=O)[O-]. The molecule has 1 aliphatic heterocycles. The van der Waals surface area contributed by atoms with Gasteiger partial charge < -0.3 is 28.4 Å². The van der Waals surface area contributed by atoms with E-state index in [9.17, 15) is 17.2 Å². The van der Waals surface area contributed by atoms with E-state index in [4.69, 9.17) is 18.9 Å². The normalized spacial score (nSPS) is 14.1. The molecule has 0 bridgehead atoms. The third kappa shape index (κ3) is 7.54. The summed E-state index contributed by atoms with van der Waals surface area (Å²) in [5, 5.41) is 2.03. The number of pyridine rings is 1. The van der Waals surface area contributed by atoms with E-state index in [2.05, 4.69) is 19.7 Å². The maximum atomic E-state index is 13.5. The van der Waals surface area contributed by atoms with Gasteiger partial charge in [-0.05, 0) is 48.2 Å². The van der Waals surface area contributed by atoms with Crippen LogP contribution in [0.1, 0.15) is 5.56 Å². The second-order valence-electron chi connectivity index (χ2n) is 9.26. The Morgan fingerprint density at radius 3 is 2.55 bits per heavy atom.